The van der Waals surface area contributed by atoms with Crippen molar-refractivity contribution in [2.75, 3.05) is 10.6 Å². The van der Waals surface area contributed by atoms with Gasteiger partial charge in [-0.05, 0) is 78.9 Å². The maximum Gasteiger partial charge on any atom is 0.259 e. The molecule has 7 nitrogen and oxygen atoms in total. The number of aryl methyl sites for hydroxylation is 2. The predicted octanol–water partition coefficient (Wildman–Crippen LogP) is 9.39. The molecule has 0 saturated carbocycles. The number of phenols is 1. The number of rotatable bonds is 6. The molecule has 204 valence electrons. The normalized spacial score (nSPS) is 11.1. The number of hydrogen-bond acceptors (Lipinski definition) is 5. The Bertz CT molecular complexity index is 1840. The second-order valence-electron chi connectivity index (χ2n) is 9.39. The van der Waals surface area contributed by atoms with E-state index in [1.807, 2.05) is 31.2 Å². The van der Waals surface area contributed by atoms with E-state index in [2.05, 4.69) is 20.9 Å². The van der Waals surface area contributed by atoms with Crippen molar-refractivity contribution in [3.63, 3.8) is 0 Å². The number of carbonyl (C=O) groups is 2. The molecule has 0 saturated heterocycles. The number of anilines is 2. The van der Waals surface area contributed by atoms with Crippen LogP contribution in [0.1, 0.15) is 31.8 Å². The van der Waals surface area contributed by atoms with Gasteiger partial charge in [-0.25, -0.2) is 0 Å². The maximum atomic E-state index is 13.2. The van der Waals surface area contributed by atoms with Crippen LogP contribution in [0, 0.1) is 13.8 Å². The summed E-state index contributed by atoms with van der Waals surface area (Å²) >= 11 is 12.5. The van der Waals surface area contributed by atoms with E-state index in [1.165, 1.54) is 0 Å². The summed E-state index contributed by atoms with van der Waals surface area (Å²) < 4.78 is 0. The molecule has 2 amide bonds. The highest BCUT2D eigenvalue weighted by atomic mass is 35.5. The van der Waals surface area contributed by atoms with Crippen LogP contribution in [0.4, 0.5) is 22.7 Å². The Hall–Kier alpha value is -4.72. The predicted molar refractivity (Wildman–Crippen MR) is 165 cm³/mol. The number of aromatic hydroxyl groups is 1. The Labute approximate surface area is 246 Å². The van der Waals surface area contributed by atoms with Crippen molar-refractivity contribution < 1.29 is 14.7 Å². The molecule has 5 rings (SSSR count). The third-order valence-electron chi connectivity index (χ3n) is 6.50. The first-order valence-corrected chi connectivity index (χ1v) is 13.4. The average molecular weight is 583 g/mol. The van der Waals surface area contributed by atoms with Crippen LogP contribution in [0.3, 0.4) is 0 Å². The Kier molecular flexibility index (Phi) is 8.01. The molecule has 0 heterocycles. The second kappa shape index (κ2) is 11.8. The number of azo groups is 1. The van der Waals surface area contributed by atoms with Crippen molar-refractivity contribution in [3.8, 4) is 5.75 Å². The van der Waals surface area contributed by atoms with Crippen molar-refractivity contribution in [3.05, 3.63) is 123 Å². The fourth-order valence-electron chi connectivity index (χ4n) is 4.31. The molecule has 0 fully saturated rings. The van der Waals surface area contributed by atoms with E-state index in [0.717, 1.165) is 5.56 Å². The second-order valence-corrected chi connectivity index (χ2v) is 10.2. The molecule has 0 aliphatic carbocycles. The van der Waals surface area contributed by atoms with Gasteiger partial charge >= 0.3 is 0 Å². The molecule has 0 aliphatic heterocycles. The first-order chi connectivity index (χ1) is 19.7. The fourth-order valence-corrected chi connectivity index (χ4v) is 4.74. The lowest BCUT2D eigenvalue weighted by Gasteiger charge is -2.13. The lowest BCUT2D eigenvalue weighted by Crippen LogP contribution is -2.13. The van der Waals surface area contributed by atoms with Crippen molar-refractivity contribution in [2.24, 2.45) is 10.2 Å². The number of halogens is 2. The Morgan fingerprint density at radius 1 is 0.732 bits per heavy atom. The summed E-state index contributed by atoms with van der Waals surface area (Å²) in [4.78, 5) is 25.8. The number of hydrogen-bond donors (Lipinski definition) is 3. The standard InChI is InChI=1S/C32H24Cl2N4O3/c1-18-14-22(33)12-13-26(18)35-32(41)24-16-21-10-6-7-11-23(21)29(30(24)39)38-37-27-17-25(34)28(15-19(27)2)36-31(40)20-8-4-3-5-9-20/h3-17,39H,1-2H3,(H,35,41)(H,36,40)/b38-37+. The van der Waals surface area contributed by atoms with Gasteiger partial charge in [-0.1, -0.05) is 65.7 Å². The number of phenolic OH excluding ortho intramolecular Hbond substituents is 1. The molecule has 9 heteroatoms. The largest absolute Gasteiger partial charge is 0.505 e. The van der Waals surface area contributed by atoms with Gasteiger partial charge in [-0.2, -0.15) is 5.11 Å². The molecule has 3 N–H and O–H groups in total. The molecular weight excluding hydrogens is 559 g/mol. The number of fused-ring (bicyclic) bond motifs is 1. The topological polar surface area (TPSA) is 103 Å². The Balaban J connectivity index is 1.47. The summed E-state index contributed by atoms with van der Waals surface area (Å²) in [5, 5.41) is 27.7. The highest BCUT2D eigenvalue weighted by molar-refractivity contribution is 6.34. The van der Waals surface area contributed by atoms with Gasteiger partial charge in [0.05, 0.1) is 22.0 Å². The van der Waals surface area contributed by atoms with E-state index in [1.54, 1.807) is 73.7 Å². The van der Waals surface area contributed by atoms with E-state index >= 15 is 0 Å². The summed E-state index contributed by atoms with van der Waals surface area (Å²) in [6, 6.07) is 26.1. The van der Waals surface area contributed by atoms with Gasteiger partial charge in [0.25, 0.3) is 11.8 Å². The van der Waals surface area contributed by atoms with E-state index in [0.29, 0.717) is 44.0 Å². The van der Waals surface area contributed by atoms with E-state index < -0.39 is 5.91 Å². The van der Waals surface area contributed by atoms with Crippen LogP contribution in [-0.4, -0.2) is 16.9 Å². The zero-order valence-corrected chi connectivity index (χ0v) is 23.6. The van der Waals surface area contributed by atoms with Crippen LogP contribution in [0.2, 0.25) is 10.0 Å². The van der Waals surface area contributed by atoms with Crippen molar-refractivity contribution in [1.82, 2.24) is 0 Å². The zero-order chi connectivity index (χ0) is 29.1. The fraction of sp³-hybridized carbons (Fsp3) is 0.0625. The first kappa shape index (κ1) is 27.8. The minimum atomic E-state index is -0.507. The summed E-state index contributed by atoms with van der Waals surface area (Å²) in [5.41, 5.74) is 3.59. The highest BCUT2D eigenvalue weighted by Gasteiger charge is 2.19. The third-order valence-corrected chi connectivity index (χ3v) is 7.05. The SMILES string of the molecule is Cc1cc(NC(=O)c2ccccc2)c(Cl)cc1/N=N/c1c(O)c(C(=O)Nc2ccc(Cl)cc2C)cc2ccccc12. The Morgan fingerprint density at radius 3 is 2.20 bits per heavy atom. The van der Waals surface area contributed by atoms with Crippen LogP contribution in [0.15, 0.2) is 101 Å². The molecule has 41 heavy (non-hydrogen) atoms. The summed E-state index contributed by atoms with van der Waals surface area (Å²) in [6.45, 7) is 3.63. The maximum absolute atomic E-state index is 13.2. The number of nitrogens with one attached hydrogen (secondary N) is 2. The van der Waals surface area contributed by atoms with Crippen molar-refractivity contribution in [1.29, 1.82) is 0 Å². The molecule has 5 aromatic carbocycles. The number of amides is 2. The molecular formula is C32H24Cl2N4O3. The summed E-state index contributed by atoms with van der Waals surface area (Å²) in [6.07, 6.45) is 0. The first-order valence-electron chi connectivity index (χ1n) is 12.6. The molecule has 0 aromatic heterocycles. The molecule has 0 aliphatic rings. The highest BCUT2D eigenvalue weighted by Crippen LogP contribution is 2.40. The van der Waals surface area contributed by atoms with Gasteiger partial charge in [0.1, 0.15) is 5.69 Å². The van der Waals surface area contributed by atoms with Gasteiger partial charge < -0.3 is 15.7 Å². The molecule has 0 radical (unpaired) electrons. The van der Waals surface area contributed by atoms with E-state index in [-0.39, 0.29) is 27.9 Å². The van der Waals surface area contributed by atoms with E-state index in [9.17, 15) is 14.7 Å². The van der Waals surface area contributed by atoms with Crippen molar-refractivity contribution >= 4 is 68.5 Å². The minimum absolute atomic E-state index is 0.0423. The molecule has 0 atom stereocenters. The number of carbonyl (C=O) groups excluding carboxylic acids is 2. The van der Waals surface area contributed by atoms with Gasteiger partial charge in [0.15, 0.2) is 5.75 Å². The van der Waals surface area contributed by atoms with Crippen LogP contribution >= 0.6 is 23.2 Å². The van der Waals surface area contributed by atoms with Crippen LogP contribution in [0.25, 0.3) is 10.8 Å². The quantitative estimate of drug-likeness (QED) is 0.174. The molecule has 5 aromatic rings. The van der Waals surface area contributed by atoms with Crippen LogP contribution < -0.4 is 10.6 Å². The summed E-state index contributed by atoms with van der Waals surface area (Å²) in [7, 11) is 0. The molecule has 0 bridgehead atoms. The van der Waals surface area contributed by atoms with Crippen LogP contribution in [0.5, 0.6) is 5.75 Å². The molecule has 0 unspecified atom stereocenters. The lowest BCUT2D eigenvalue weighted by molar-refractivity contribution is 0.101. The third kappa shape index (κ3) is 6.06. The smallest absolute Gasteiger partial charge is 0.259 e. The monoisotopic (exact) mass is 582 g/mol. The zero-order valence-electron chi connectivity index (χ0n) is 22.1. The van der Waals surface area contributed by atoms with Crippen LogP contribution in [-0.2, 0) is 0 Å². The number of nitrogens with zero attached hydrogens (tertiary/aromatic N) is 2. The summed E-state index contributed by atoms with van der Waals surface area (Å²) in [5.74, 6) is -1.11. The van der Waals surface area contributed by atoms with Gasteiger partial charge in [-0.3, -0.25) is 9.59 Å². The van der Waals surface area contributed by atoms with Gasteiger partial charge in [-0.15, -0.1) is 5.11 Å². The number of benzene rings is 5. The minimum Gasteiger partial charge on any atom is -0.505 e. The lowest BCUT2D eigenvalue weighted by atomic mass is 10.0. The average Bonchev–Trinajstić information content (AvgIpc) is 2.96. The van der Waals surface area contributed by atoms with E-state index in [4.69, 9.17) is 23.2 Å². The molecule has 0 spiro atoms. The van der Waals surface area contributed by atoms with Gasteiger partial charge in [0, 0.05) is 21.7 Å². The Morgan fingerprint density at radius 2 is 1.44 bits per heavy atom. The van der Waals surface area contributed by atoms with Gasteiger partial charge in [0.2, 0.25) is 0 Å². The van der Waals surface area contributed by atoms with Crippen molar-refractivity contribution in [2.45, 2.75) is 13.8 Å².